The minimum Gasteiger partial charge on any atom is -0.451 e. The molecule has 0 aliphatic carbocycles. The molecule has 0 unspecified atom stereocenters. The molecular weight excluding hydrogens is 228 g/mol. The molecule has 2 aromatic rings. The number of benzene rings is 1. The number of oxazole rings is 1. The van der Waals surface area contributed by atoms with E-state index in [1.165, 1.54) is 12.0 Å². The van der Waals surface area contributed by atoms with E-state index >= 15 is 0 Å². The van der Waals surface area contributed by atoms with Gasteiger partial charge in [0.15, 0.2) is 6.39 Å². The Bertz CT molecular complexity index is 549. The number of carbonyl (C=O) groups excluding carboxylic acids is 1. The molecule has 3 rings (SSSR count). The molecular formula is C14H14N2O2. The molecule has 4 nitrogen and oxygen atoms in total. The van der Waals surface area contributed by atoms with E-state index in [-0.39, 0.29) is 5.91 Å². The van der Waals surface area contributed by atoms with Crippen molar-refractivity contribution < 1.29 is 9.21 Å². The van der Waals surface area contributed by atoms with Gasteiger partial charge in [-0.1, -0.05) is 18.2 Å². The van der Waals surface area contributed by atoms with Gasteiger partial charge in [0.1, 0.15) is 6.26 Å². The Morgan fingerprint density at radius 2 is 2.28 bits per heavy atom. The van der Waals surface area contributed by atoms with Crippen LogP contribution in [0.25, 0.3) is 0 Å². The second-order valence-corrected chi connectivity index (χ2v) is 4.40. The summed E-state index contributed by atoms with van der Waals surface area (Å²) in [6.45, 7) is 0.789. The fraction of sp³-hybridized carbons (Fsp3) is 0.286. The van der Waals surface area contributed by atoms with Crippen LogP contribution in [0, 0.1) is 0 Å². The number of aromatic nitrogens is 1. The topological polar surface area (TPSA) is 46.3 Å². The van der Waals surface area contributed by atoms with Gasteiger partial charge in [0.25, 0.3) is 0 Å². The molecule has 0 radical (unpaired) electrons. The average Bonchev–Trinajstić information content (AvgIpc) is 3.05. The van der Waals surface area contributed by atoms with E-state index in [0.717, 1.165) is 24.3 Å². The monoisotopic (exact) mass is 242 g/mol. The van der Waals surface area contributed by atoms with Crippen molar-refractivity contribution in [1.29, 1.82) is 0 Å². The summed E-state index contributed by atoms with van der Waals surface area (Å²) >= 11 is 0. The summed E-state index contributed by atoms with van der Waals surface area (Å²) in [5.41, 5.74) is 3.14. The van der Waals surface area contributed by atoms with Crippen LogP contribution in [0.3, 0.4) is 0 Å². The van der Waals surface area contributed by atoms with Crippen LogP contribution in [0.4, 0.5) is 5.69 Å². The number of anilines is 1. The first kappa shape index (κ1) is 11.0. The number of amides is 1. The molecule has 0 saturated heterocycles. The summed E-state index contributed by atoms with van der Waals surface area (Å²) < 4.78 is 4.89. The molecule has 0 saturated carbocycles. The van der Waals surface area contributed by atoms with Gasteiger partial charge in [0.05, 0.1) is 5.69 Å². The summed E-state index contributed by atoms with van der Waals surface area (Å²) in [6.07, 6.45) is 5.04. The third-order valence-electron chi connectivity index (χ3n) is 3.27. The largest absolute Gasteiger partial charge is 0.451 e. The van der Waals surface area contributed by atoms with Gasteiger partial charge in [-0.2, -0.15) is 0 Å². The van der Waals surface area contributed by atoms with E-state index in [2.05, 4.69) is 11.1 Å². The van der Waals surface area contributed by atoms with Gasteiger partial charge >= 0.3 is 0 Å². The zero-order valence-corrected chi connectivity index (χ0v) is 10.0. The fourth-order valence-corrected chi connectivity index (χ4v) is 2.33. The van der Waals surface area contributed by atoms with Crippen LogP contribution in [0.15, 0.2) is 41.3 Å². The number of nitrogens with zero attached hydrogens (tertiary/aromatic N) is 2. The quantitative estimate of drug-likeness (QED) is 0.828. The predicted octanol–water partition coefficient (Wildman–Crippen LogP) is 2.20. The maximum absolute atomic E-state index is 12.2. The summed E-state index contributed by atoms with van der Waals surface area (Å²) in [7, 11) is 0. The molecule has 0 fully saturated rings. The lowest BCUT2D eigenvalue weighted by molar-refractivity contribution is -0.118. The average molecular weight is 242 g/mol. The van der Waals surface area contributed by atoms with E-state index < -0.39 is 0 Å². The molecule has 18 heavy (non-hydrogen) atoms. The van der Waals surface area contributed by atoms with E-state index in [1.807, 2.05) is 23.1 Å². The molecule has 1 aromatic heterocycles. The summed E-state index contributed by atoms with van der Waals surface area (Å²) in [6, 6.07) is 8.08. The first-order valence-corrected chi connectivity index (χ1v) is 6.10. The zero-order chi connectivity index (χ0) is 12.4. The SMILES string of the molecule is O=C(CCc1cocn1)N1CCc2ccccc21. The van der Waals surface area contributed by atoms with Gasteiger partial charge in [-0.25, -0.2) is 4.98 Å². The van der Waals surface area contributed by atoms with Crippen LogP contribution in [-0.2, 0) is 17.6 Å². The Kier molecular flexibility index (Phi) is 2.84. The van der Waals surface area contributed by atoms with Gasteiger partial charge < -0.3 is 9.32 Å². The number of aryl methyl sites for hydroxylation is 1. The van der Waals surface area contributed by atoms with Gasteiger partial charge in [-0.15, -0.1) is 0 Å². The Morgan fingerprint density at radius 3 is 3.11 bits per heavy atom. The minimum atomic E-state index is 0.156. The zero-order valence-electron chi connectivity index (χ0n) is 10.0. The Morgan fingerprint density at radius 1 is 1.39 bits per heavy atom. The van der Waals surface area contributed by atoms with E-state index in [1.54, 1.807) is 6.26 Å². The Balaban J connectivity index is 1.67. The molecule has 92 valence electrons. The molecule has 1 aliphatic rings. The predicted molar refractivity (Wildman–Crippen MR) is 67.3 cm³/mol. The van der Waals surface area contributed by atoms with Crippen LogP contribution < -0.4 is 4.90 Å². The lowest BCUT2D eigenvalue weighted by Gasteiger charge is -2.16. The molecule has 0 N–H and O–H groups in total. The number of fused-ring (bicyclic) bond motifs is 1. The van der Waals surface area contributed by atoms with Crippen molar-refractivity contribution in [3.63, 3.8) is 0 Å². The lowest BCUT2D eigenvalue weighted by atomic mass is 10.2. The standard InChI is InChI=1S/C14H14N2O2/c17-14(6-5-12-9-18-10-15-12)16-8-7-11-3-1-2-4-13(11)16/h1-4,9-10H,5-8H2. The van der Waals surface area contributed by atoms with Crippen molar-refractivity contribution in [3.05, 3.63) is 48.2 Å². The van der Waals surface area contributed by atoms with E-state index in [4.69, 9.17) is 4.42 Å². The summed E-state index contributed by atoms with van der Waals surface area (Å²) in [5, 5.41) is 0. The van der Waals surface area contributed by atoms with Crippen molar-refractivity contribution in [2.75, 3.05) is 11.4 Å². The number of hydrogen-bond donors (Lipinski definition) is 0. The van der Waals surface area contributed by atoms with E-state index in [9.17, 15) is 4.79 Å². The number of carbonyl (C=O) groups is 1. The van der Waals surface area contributed by atoms with Crippen molar-refractivity contribution in [3.8, 4) is 0 Å². The Hall–Kier alpha value is -2.10. The van der Waals surface area contributed by atoms with Crippen LogP contribution in [-0.4, -0.2) is 17.4 Å². The second-order valence-electron chi connectivity index (χ2n) is 4.40. The first-order valence-electron chi connectivity index (χ1n) is 6.10. The second kappa shape index (κ2) is 4.64. The Labute approximate surface area is 105 Å². The highest BCUT2D eigenvalue weighted by Crippen LogP contribution is 2.27. The molecule has 1 aromatic carbocycles. The van der Waals surface area contributed by atoms with Gasteiger partial charge in [-0.3, -0.25) is 4.79 Å². The normalized spacial score (nSPS) is 13.7. The number of hydrogen-bond acceptors (Lipinski definition) is 3. The van der Waals surface area contributed by atoms with Gasteiger partial charge in [-0.05, 0) is 18.1 Å². The van der Waals surface area contributed by atoms with Crippen molar-refractivity contribution in [1.82, 2.24) is 4.98 Å². The highest BCUT2D eigenvalue weighted by atomic mass is 16.3. The maximum atomic E-state index is 12.2. The van der Waals surface area contributed by atoms with Gasteiger partial charge in [0.2, 0.25) is 5.91 Å². The molecule has 0 spiro atoms. The minimum absolute atomic E-state index is 0.156. The first-order chi connectivity index (χ1) is 8.84. The summed E-state index contributed by atoms with van der Waals surface area (Å²) in [5.74, 6) is 0.156. The number of rotatable bonds is 3. The molecule has 4 heteroatoms. The molecule has 0 bridgehead atoms. The van der Waals surface area contributed by atoms with Gasteiger partial charge in [0, 0.05) is 25.1 Å². The summed E-state index contributed by atoms with van der Waals surface area (Å²) in [4.78, 5) is 18.1. The smallest absolute Gasteiger partial charge is 0.227 e. The van der Waals surface area contributed by atoms with E-state index in [0.29, 0.717) is 12.8 Å². The fourth-order valence-electron chi connectivity index (χ4n) is 2.33. The van der Waals surface area contributed by atoms with Crippen LogP contribution in [0.2, 0.25) is 0 Å². The van der Waals surface area contributed by atoms with Crippen molar-refractivity contribution in [2.45, 2.75) is 19.3 Å². The molecule has 2 heterocycles. The number of para-hydroxylation sites is 1. The molecule has 1 amide bonds. The molecule has 0 atom stereocenters. The van der Waals surface area contributed by atoms with Crippen molar-refractivity contribution in [2.24, 2.45) is 0 Å². The highest BCUT2D eigenvalue weighted by Gasteiger charge is 2.23. The lowest BCUT2D eigenvalue weighted by Crippen LogP contribution is -2.29. The molecule has 1 aliphatic heterocycles. The van der Waals surface area contributed by atoms with Crippen LogP contribution >= 0.6 is 0 Å². The highest BCUT2D eigenvalue weighted by molar-refractivity contribution is 5.95. The third kappa shape index (κ3) is 2.01. The van der Waals surface area contributed by atoms with Crippen molar-refractivity contribution >= 4 is 11.6 Å². The van der Waals surface area contributed by atoms with Crippen LogP contribution in [0.5, 0.6) is 0 Å². The van der Waals surface area contributed by atoms with Crippen LogP contribution in [0.1, 0.15) is 17.7 Å². The maximum Gasteiger partial charge on any atom is 0.227 e. The third-order valence-corrected chi connectivity index (χ3v) is 3.27.